The van der Waals surface area contributed by atoms with Gasteiger partial charge in [-0.1, -0.05) is 29.3 Å². The monoisotopic (exact) mass is 1910 g/mol. The molecule has 21 rings (SSSR count). The van der Waals surface area contributed by atoms with E-state index < -0.39 is 39.7 Å². The van der Waals surface area contributed by atoms with Gasteiger partial charge < -0.3 is 81.4 Å². The minimum Gasteiger partial charge on any atom is -0.461 e. The number of nitrogens with zero attached hydrogens (tertiary/aromatic N) is 15. The third kappa shape index (κ3) is 19.5. The molecule has 0 spiro atoms. The Morgan fingerprint density at radius 2 is 0.825 bits per heavy atom. The molecule has 11 aliphatic rings. The summed E-state index contributed by atoms with van der Waals surface area (Å²) in [6.07, 6.45) is 26.1. The van der Waals surface area contributed by atoms with Crippen molar-refractivity contribution in [2.45, 2.75) is 253 Å². The van der Waals surface area contributed by atoms with Gasteiger partial charge in [0.25, 0.3) is 29.2 Å². The van der Waals surface area contributed by atoms with Crippen LogP contribution in [0.25, 0.3) is 11.1 Å². The van der Waals surface area contributed by atoms with Crippen LogP contribution in [0.4, 0.5) is 34.8 Å². The highest BCUT2D eigenvalue weighted by atomic mass is 35.5. The molecule has 3 fully saturated rings. The Kier molecular flexibility index (Phi) is 28.5. The first-order chi connectivity index (χ1) is 65.5. The zero-order valence-electron chi connectivity index (χ0n) is 79.9. The number of pyridine rings is 6. The van der Waals surface area contributed by atoms with Crippen LogP contribution in [0.1, 0.15) is 241 Å². The van der Waals surface area contributed by atoms with Gasteiger partial charge in [-0.2, -0.15) is 0 Å². The highest BCUT2D eigenvalue weighted by Crippen LogP contribution is 2.45. The quantitative estimate of drug-likeness (QED) is 0.0443. The molecule has 10 aromatic rings. The molecule has 0 radical (unpaired) electrons. The fourth-order valence-electron chi connectivity index (χ4n) is 20.3. The van der Waals surface area contributed by atoms with Crippen LogP contribution < -0.4 is 35.9 Å². The number of likely N-dealkylation sites (tertiary alicyclic amines) is 1. The molecular weight excluding hydrogens is 1790 g/mol. The number of rotatable bonds is 16. The number of carbonyl (C=O) groups excluding carboxylic acids is 6. The molecule has 10 aromatic heterocycles. The molecule has 33 nitrogen and oxygen atoms in total. The molecule has 11 aliphatic heterocycles. The average molecular weight is 1910 g/mol. The van der Waals surface area contributed by atoms with Crippen LogP contribution in [0.15, 0.2) is 109 Å². The number of amides is 4. The number of fused-ring (bicyclic) bond motifs is 12. The number of nitrogens with one attached hydrogen (secondary N) is 1. The van der Waals surface area contributed by atoms with E-state index in [4.69, 9.17) is 51.3 Å². The number of halogens is 2. The minimum absolute atomic E-state index is 0.000237. The molecule has 0 unspecified atom stereocenters. The molecule has 21 heterocycles. The van der Waals surface area contributed by atoms with E-state index in [1.54, 1.807) is 64.7 Å². The lowest BCUT2D eigenvalue weighted by Gasteiger charge is -2.36. The van der Waals surface area contributed by atoms with Gasteiger partial charge in [0.15, 0.2) is 0 Å². The van der Waals surface area contributed by atoms with Gasteiger partial charge in [0.05, 0.1) is 73.5 Å². The van der Waals surface area contributed by atoms with E-state index in [1.807, 2.05) is 98.0 Å². The van der Waals surface area contributed by atoms with Crippen molar-refractivity contribution in [2.24, 2.45) is 7.05 Å². The fraction of sp³-hybridized carbons (Fsp3) is 0.475. The number of aryl methyl sites for hydroxylation is 5. The first-order valence-corrected chi connectivity index (χ1v) is 48.3. The molecule has 4 amide bonds. The highest BCUT2D eigenvalue weighted by Gasteiger charge is 2.64. The second kappa shape index (κ2) is 40.0. The Labute approximate surface area is 807 Å². The number of hydrogen-bond acceptors (Lipinski definition) is 24. The Hall–Kier alpha value is -11.1. The number of aromatic nitrogens is 10. The maximum atomic E-state index is 13.9. The standard InChI is InChI=1S/C34H37N7O4.C19H20ClN3O3.C17H20BN3O4.C17H18ClN3O2.C12H24B2O4/c1-21(42)45-20-28-26(9-11-35-32(28)41-13-10-30-27(33(41)43)15-25-6-4-5-12-40(25)30)23-14-29(34(44)39(3)19-23)37-31-8-7-22(16-36-31)24-17-38(2)18-24;1-12(24)26-11-15-16(20)5-7-21-18(15)23-9-6-17-14(19(23)25)10-13-4-2-3-8-22(13)17;22-10-13-14(18(24)25)4-6-19-16(13)21-8-5-15-12(17(21)23)9-11-3-1-2-7-20(11)15;18-14-4-6-19-16(13(14)10-22)21-8-5-15-12(17(21)23)9-11-3-1-2-7-20(11)15;1-9(2)10(3,4)16-13(15-9)14-17-11(5,6)12(7,8)18-14/h7-9,11,14-16,19,24H,4-6,10,12-13,17-18,20H2,1-3H3,(H,36,37);5,7,10H,2-4,6,8-9,11H2,1H3;4,6,9,22,24-25H,1-3,5,7-8,10H2;4,6,9,22H,1-3,5,7-8,10H2;1-8H3. The van der Waals surface area contributed by atoms with Crippen molar-refractivity contribution in [1.29, 1.82) is 0 Å². The SMILES string of the molecule is CC(=O)OCc1c(-c2cc(Nc3ccc(C4CN(C)C4)cn3)c(=O)n(C)c2)ccnc1N1CCc2c(cc3n2CCCC3)C1=O.CC(=O)OCc1c(Cl)ccnc1N1CCc2c(cc3n2CCCC3)C1=O.CC1(C)OB(B2OC(C)(C)C(C)(C)O2)OC1(C)C.O=C1c2cc3n(c2CCN1c1nccc(B(O)O)c1CO)CCCC3.O=C1c2cc3n(c2CCN1c1nccc(Cl)c1CO)CCCC3. The summed E-state index contributed by atoms with van der Waals surface area (Å²) >= 11 is 12.4. The van der Waals surface area contributed by atoms with Crippen LogP contribution in [0, 0.1) is 0 Å². The third-order valence-corrected chi connectivity index (χ3v) is 29.7. The number of carbonyl (C=O) groups is 6. The maximum absolute atomic E-state index is 13.9. The van der Waals surface area contributed by atoms with Gasteiger partial charge in [-0.15, -0.1) is 0 Å². The van der Waals surface area contributed by atoms with E-state index in [0.717, 1.165) is 162 Å². The normalized spacial score (nSPS) is 18.6. The zero-order chi connectivity index (χ0) is 97.0. The van der Waals surface area contributed by atoms with Gasteiger partial charge in [0.2, 0.25) is 0 Å². The van der Waals surface area contributed by atoms with Crippen molar-refractivity contribution in [3.63, 3.8) is 0 Å². The third-order valence-electron chi connectivity index (χ3n) is 29.0. The summed E-state index contributed by atoms with van der Waals surface area (Å²) in [5, 5.41) is 42.3. The molecule has 0 atom stereocenters. The lowest BCUT2D eigenvalue weighted by Crippen LogP contribution is -2.42. The van der Waals surface area contributed by atoms with Crippen molar-refractivity contribution in [3.8, 4) is 11.1 Å². The van der Waals surface area contributed by atoms with E-state index in [9.17, 15) is 53.8 Å². The Morgan fingerprint density at radius 1 is 0.460 bits per heavy atom. The molecule has 720 valence electrons. The maximum Gasteiger partial charge on any atom is 0.488 e. The first kappa shape index (κ1) is 97.5. The van der Waals surface area contributed by atoms with Gasteiger partial charge in [-0.3, -0.25) is 53.2 Å². The van der Waals surface area contributed by atoms with E-state index in [1.165, 1.54) is 83.2 Å². The van der Waals surface area contributed by atoms with Crippen LogP contribution in [-0.4, -0.2) is 198 Å². The summed E-state index contributed by atoms with van der Waals surface area (Å²) in [4.78, 5) is 120. The first-order valence-electron chi connectivity index (χ1n) is 47.6. The van der Waals surface area contributed by atoms with Crippen LogP contribution in [0.5, 0.6) is 0 Å². The largest absolute Gasteiger partial charge is 0.488 e. The predicted molar refractivity (Wildman–Crippen MR) is 521 cm³/mol. The molecule has 0 aliphatic carbocycles. The molecule has 0 saturated carbocycles. The fourth-order valence-corrected chi connectivity index (χ4v) is 20.7. The van der Waals surface area contributed by atoms with Gasteiger partial charge in [-0.05, 0) is 217 Å². The summed E-state index contributed by atoms with van der Waals surface area (Å²) in [5.74, 6) is 1.56. The van der Waals surface area contributed by atoms with Crippen molar-refractivity contribution >= 4 is 120 Å². The molecule has 3 saturated heterocycles. The van der Waals surface area contributed by atoms with Gasteiger partial charge >= 0.3 is 33.1 Å². The van der Waals surface area contributed by atoms with E-state index in [-0.39, 0.29) is 82.4 Å². The minimum atomic E-state index is -1.72. The molecule has 137 heavy (non-hydrogen) atoms. The summed E-state index contributed by atoms with van der Waals surface area (Å²) in [6.45, 7) is 26.2. The zero-order valence-corrected chi connectivity index (χ0v) is 81.4. The highest BCUT2D eigenvalue weighted by molar-refractivity contribution is 7.11. The van der Waals surface area contributed by atoms with E-state index >= 15 is 0 Å². The smallest absolute Gasteiger partial charge is 0.461 e. The average Bonchev–Trinajstić information content (AvgIpc) is 1.59. The summed E-state index contributed by atoms with van der Waals surface area (Å²) in [6, 6.07) is 20.3. The predicted octanol–water partition coefficient (Wildman–Crippen LogP) is 11.6. The lowest BCUT2D eigenvalue weighted by molar-refractivity contribution is -0.143. The molecule has 0 bridgehead atoms. The Balaban J connectivity index is 0.000000124. The van der Waals surface area contributed by atoms with Crippen molar-refractivity contribution in [3.05, 3.63) is 220 Å². The Morgan fingerprint density at radius 3 is 1.20 bits per heavy atom. The number of ether oxygens (including phenoxy) is 2. The number of aliphatic hydroxyl groups excluding tert-OH is 2. The van der Waals surface area contributed by atoms with Crippen LogP contribution in [-0.2, 0) is 149 Å². The summed E-state index contributed by atoms with van der Waals surface area (Å²) in [5.41, 5.74) is 15.8. The van der Waals surface area contributed by atoms with Gasteiger partial charge in [0, 0.05) is 223 Å². The van der Waals surface area contributed by atoms with Gasteiger partial charge in [-0.25, -0.2) is 24.9 Å². The van der Waals surface area contributed by atoms with Crippen LogP contribution >= 0.6 is 23.2 Å². The van der Waals surface area contributed by atoms with Crippen molar-refractivity contribution in [1.82, 2.24) is 52.7 Å². The number of likely N-dealkylation sites (N-methyl/N-ethyl adjacent to an activating group) is 1. The van der Waals surface area contributed by atoms with Crippen LogP contribution in [0.3, 0.4) is 0 Å². The second-order valence-corrected chi connectivity index (χ2v) is 39.7. The van der Waals surface area contributed by atoms with E-state index in [0.29, 0.717) is 110 Å². The second-order valence-electron chi connectivity index (χ2n) is 38.9. The van der Waals surface area contributed by atoms with Crippen molar-refractivity contribution < 1.29 is 77.1 Å². The number of anilines is 6. The Bertz CT molecular complexity index is 6310. The summed E-state index contributed by atoms with van der Waals surface area (Å²) in [7, 11) is 1.12. The van der Waals surface area contributed by atoms with Crippen molar-refractivity contribution in [2.75, 3.05) is 71.2 Å². The molecule has 0 aromatic carbocycles. The van der Waals surface area contributed by atoms with E-state index in [2.05, 4.69) is 66.5 Å². The lowest BCUT2D eigenvalue weighted by atomic mass is 9.49. The molecule has 38 heteroatoms. The molecule has 5 N–H and O–H groups in total. The number of hydrogen-bond donors (Lipinski definition) is 5. The summed E-state index contributed by atoms with van der Waals surface area (Å²) < 4.78 is 45.2. The number of esters is 2. The topological polar surface area (TPSA) is 373 Å². The number of aliphatic hydroxyl groups is 2. The van der Waals surface area contributed by atoms with Crippen LogP contribution in [0.2, 0.25) is 10.0 Å². The van der Waals surface area contributed by atoms with Gasteiger partial charge in [0.1, 0.15) is 48.0 Å². The molecular formula is C99H119B3Cl2N16O17.